The Bertz CT molecular complexity index is 1080. The van der Waals surface area contributed by atoms with E-state index in [-0.39, 0.29) is 0 Å². The molecule has 0 aromatic heterocycles. The van der Waals surface area contributed by atoms with E-state index in [0.717, 1.165) is 18.5 Å². The molecule has 0 unspecified atom stereocenters. The number of amides is 1. The molecule has 0 bridgehead atoms. The highest BCUT2D eigenvalue weighted by molar-refractivity contribution is 5.99. The molecule has 3 aromatic carbocycles. The second-order valence-corrected chi connectivity index (χ2v) is 7.23. The average Bonchev–Trinajstić information content (AvgIpc) is 2.84. The summed E-state index contributed by atoms with van der Waals surface area (Å²) in [6.07, 6.45) is 1.75. The van der Waals surface area contributed by atoms with Crippen LogP contribution in [0.3, 0.4) is 0 Å². The molecule has 33 heavy (non-hydrogen) atoms. The minimum absolute atomic E-state index is 0.320. The first kappa shape index (κ1) is 23.5. The van der Waals surface area contributed by atoms with Crippen LogP contribution in [0.15, 0.2) is 78.9 Å². The molecular formula is C26H26N2O5. The summed E-state index contributed by atoms with van der Waals surface area (Å²) < 4.78 is 10.3. The fourth-order valence-corrected chi connectivity index (χ4v) is 2.94. The number of hydrogen-bond acceptors (Lipinski definition) is 6. The monoisotopic (exact) mass is 446 g/mol. The first-order valence-corrected chi connectivity index (χ1v) is 10.7. The SMILES string of the molecule is CCCCOC(=O)c1ccc(NC(=O)COC(=O)c2ccccc2Nc2ccccc2)cc1. The highest BCUT2D eigenvalue weighted by atomic mass is 16.5. The minimum atomic E-state index is -0.616. The molecule has 0 aliphatic rings. The summed E-state index contributed by atoms with van der Waals surface area (Å²) in [5.41, 5.74) is 2.61. The molecule has 170 valence electrons. The first-order valence-electron chi connectivity index (χ1n) is 10.7. The van der Waals surface area contributed by atoms with Crippen molar-refractivity contribution in [3.8, 4) is 0 Å². The number of para-hydroxylation sites is 2. The van der Waals surface area contributed by atoms with Crippen LogP contribution in [0.1, 0.15) is 40.5 Å². The Morgan fingerprint density at radius 2 is 1.45 bits per heavy atom. The van der Waals surface area contributed by atoms with Crippen LogP contribution >= 0.6 is 0 Å². The number of esters is 2. The molecule has 1 amide bonds. The second kappa shape index (κ2) is 12.0. The Labute approximate surface area is 192 Å². The molecule has 0 spiro atoms. The van der Waals surface area contributed by atoms with Crippen LogP contribution in [-0.4, -0.2) is 31.1 Å². The third kappa shape index (κ3) is 7.21. The van der Waals surface area contributed by atoms with Gasteiger partial charge in [0.1, 0.15) is 0 Å². The second-order valence-electron chi connectivity index (χ2n) is 7.23. The molecule has 0 fully saturated rings. The van der Waals surface area contributed by atoms with Crippen molar-refractivity contribution in [3.05, 3.63) is 90.0 Å². The number of nitrogens with one attached hydrogen (secondary N) is 2. The van der Waals surface area contributed by atoms with Gasteiger partial charge in [-0.1, -0.05) is 43.7 Å². The molecule has 0 radical (unpaired) electrons. The van der Waals surface area contributed by atoms with Gasteiger partial charge in [0, 0.05) is 11.4 Å². The molecule has 0 saturated heterocycles. The number of carbonyl (C=O) groups is 3. The summed E-state index contributed by atoms with van der Waals surface area (Å²) in [5, 5.41) is 5.81. The summed E-state index contributed by atoms with van der Waals surface area (Å²) >= 11 is 0. The van der Waals surface area contributed by atoms with Gasteiger partial charge in [-0.3, -0.25) is 4.79 Å². The number of ether oxygens (including phenoxy) is 2. The number of unbranched alkanes of at least 4 members (excludes halogenated alkanes) is 1. The molecule has 3 aromatic rings. The van der Waals surface area contributed by atoms with Gasteiger partial charge in [-0.2, -0.15) is 0 Å². The van der Waals surface area contributed by atoms with E-state index in [9.17, 15) is 14.4 Å². The van der Waals surface area contributed by atoms with E-state index in [0.29, 0.717) is 29.1 Å². The quantitative estimate of drug-likeness (QED) is 0.329. The lowest BCUT2D eigenvalue weighted by Gasteiger charge is -2.12. The van der Waals surface area contributed by atoms with Gasteiger partial charge in [0.15, 0.2) is 6.61 Å². The Morgan fingerprint density at radius 3 is 2.18 bits per heavy atom. The summed E-state index contributed by atoms with van der Waals surface area (Å²) in [6.45, 7) is 1.95. The molecule has 7 heteroatoms. The van der Waals surface area contributed by atoms with Gasteiger partial charge < -0.3 is 20.1 Å². The largest absolute Gasteiger partial charge is 0.462 e. The van der Waals surface area contributed by atoms with Gasteiger partial charge in [-0.05, 0) is 55.0 Å². The van der Waals surface area contributed by atoms with Crippen LogP contribution in [0, 0.1) is 0 Å². The zero-order valence-electron chi connectivity index (χ0n) is 18.4. The summed E-state index contributed by atoms with van der Waals surface area (Å²) in [5.74, 6) is -1.51. The lowest BCUT2D eigenvalue weighted by atomic mass is 10.1. The van der Waals surface area contributed by atoms with Crippen molar-refractivity contribution in [3.63, 3.8) is 0 Å². The van der Waals surface area contributed by atoms with Crippen molar-refractivity contribution in [2.45, 2.75) is 19.8 Å². The van der Waals surface area contributed by atoms with E-state index in [1.165, 1.54) is 0 Å². The van der Waals surface area contributed by atoms with Crippen LogP contribution in [0.2, 0.25) is 0 Å². The van der Waals surface area contributed by atoms with Gasteiger partial charge in [0.05, 0.1) is 23.4 Å². The number of rotatable bonds is 10. The van der Waals surface area contributed by atoms with Crippen molar-refractivity contribution < 1.29 is 23.9 Å². The summed E-state index contributed by atoms with van der Waals surface area (Å²) in [7, 11) is 0. The number of carbonyl (C=O) groups excluding carboxylic acids is 3. The third-order valence-electron chi connectivity index (χ3n) is 4.67. The van der Waals surface area contributed by atoms with E-state index >= 15 is 0 Å². The Morgan fingerprint density at radius 1 is 0.758 bits per heavy atom. The number of hydrogen-bond donors (Lipinski definition) is 2. The lowest BCUT2D eigenvalue weighted by molar-refractivity contribution is -0.119. The standard InChI is InChI=1S/C26H26N2O5/c1-2-3-17-32-25(30)19-13-15-21(16-14-19)28-24(29)18-33-26(31)22-11-7-8-12-23(22)27-20-9-5-4-6-10-20/h4-16,27H,2-3,17-18H2,1H3,(H,28,29). The van der Waals surface area contributed by atoms with Gasteiger partial charge in [-0.15, -0.1) is 0 Å². The number of anilines is 3. The van der Waals surface area contributed by atoms with E-state index in [4.69, 9.17) is 9.47 Å². The normalized spacial score (nSPS) is 10.2. The Balaban J connectivity index is 1.52. The molecule has 0 atom stereocenters. The molecule has 0 aliphatic heterocycles. The zero-order valence-corrected chi connectivity index (χ0v) is 18.4. The molecule has 0 aliphatic carbocycles. The van der Waals surface area contributed by atoms with Crippen molar-refractivity contribution in [1.82, 2.24) is 0 Å². The maximum atomic E-state index is 12.5. The van der Waals surface area contributed by atoms with E-state index in [1.54, 1.807) is 48.5 Å². The maximum absolute atomic E-state index is 12.5. The molecule has 3 rings (SSSR count). The van der Waals surface area contributed by atoms with E-state index in [1.807, 2.05) is 37.3 Å². The average molecular weight is 447 g/mol. The summed E-state index contributed by atoms with van der Waals surface area (Å²) in [4.78, 5) is 36.7. The van der Waals surface area contributed by atoms with Gasteiger partial charge in [-0.25, -0.2) is 9.59 Å². The predicted molar refractivity (Wildman–Crippen MR) is 127 cm³/mol. The van der Waals surface area contributed by atoms with Crippen LogP contribution in [0.4, 0.5) is 17.1 Å². The highest BCUT2D eigenvalue weighted by Gasteiger charge is 2.15. The maximum Gasteiger partial charge on any atom is 0.340 e. The van der Waals surface area contributed by atoms with Gasteiger partial charge in [0.25, 0.3) is 5.91 Å². The predicted octanol–water partition coefficient (Wildman–Crippen LogP) is 5.18. The van der Waals surface area contributed by atoms with Crippen LogP contribution < -0.4 is 10.6 Å². The molecule has 7 nitrogen and oxygen atoms in total. The van der Waals surface area contributed by atoms with Crippen molar-refractivity contribution in [2.75, 3.05) is 23.8 Å². The molecule has 2 N–H and O–H groups in total. The highest BCUT2D eigenvalue weighted by Crippen LogP contribution is 2.21. The van der Waals surface area contributed by atoms with Gasteiger partial charge in [0.2, 0.25) is 0 Å². The first-order chi connectivity index (χ1) is 16.1. The van der Waals surface area contributed by atoms with Crippen molar-refractivity contribution in [2.24, 2.45) is 0 Å². The summed E-state index contributed by atoms with van der Waals surface area (Å²) in [6, 6.07) is 22.7. The van der Waals surface area contributed by atoms with Crippen molar-refractivity contribution >= 4 is 34.9 Å². The minimum Gasteiger partial charge on any atom is -0.462 e. The Kier molecular flexibility index (Phi) is 8.59. The molecule has 0 heterocycles. The van der Waals surface area contributed by atoms with Gasteiger partial charge >= 0.3 is 11.9 Å². The smallest absolute Gasteiger partial charge is 0.340 e. The molecular weight excluding hydrogens is 420 g/mol. The Hall–Kier alpha value is -4.13. The lowest BCUT2D eigenvalue weighted by Crippen LogP contribution is -2.21. The molecule has 0 saturated carbocycles. The fourth-order valence-electron chi connectivity index (χ4n) is 2.94. The van der Waals surface area contributed by atoms with E-state index < -0.39 is 24.5 Å². The van der Waals surface area contributed by atoms with Crippen LogP contribution in [0.5, 0.6) is 0 Å². The topological polar surface area (TPSA) is 93.7 Å². The van der Waals surface area contributed by atoms with E-state index in [2.05, 4.69) is 10.6 Å². The fraction of sp³-hybridized carbons (Fsp3) is 0.192. The zero-order chi connectivity index (χ0) is 23.5. The third-order valence-corrected chi connectivity index (χ3v) is 4.67. The number of benzene rings is 3. The van der Waals surface area contributed by atoms with Crippen molar-refractivity contribution in [1.29, 1.82) is 0 Å². The van der Waals surface area contributed by atoms with Crippen LogP contribution in [0.25, 0.3) is 0 Å². The van der Waals surface area contributed by atoms with Crippen LogP contribution in [-0.2, 0) is 14.3 Å².